The van der Waals surface area contributed by atoms with Crippen molar-refractivity contribution in [2.24, 2.45) is 0 Å². The molecule has 0 spiro atoms. The second kappa shape index (κ2) is 9.14. The first-order valence-corrected chi connectivity index (χ1v) is 11.7. The van der Waals surface area contributed by atoms with Gasteiger partial charge in [-0.3, -0.25) is 15.0 Å². The molecule has 0 aliphatic carbocycles. The van der Waals surface area contributed by atoms with Crippen LogP contribution in [0, 0.1) is 6.92 Å². The maximum Gasteiger partial charge on any atom is 0.287 e. The molecule has 0 saturated heterocycles. The summed E-state index contributed by atoms with van der Waals surface area (Å²) in [4.78, 5) is 27.9. The smallest absolute Gasteiger partial charge is 0.272 e. The van der Waals surface area contributed by atoms with Gasteiger partial charge < -0.3 is 0 Å². The Bertz CT molecular complexity index is 1520. The topological polar surface area (TPSA) is 110 Å². The van der Waals surface area contributed by atoms with Gasteiger partial charge in [0.05, 0.1) is 16.8 Å². The van der Waals surface area contributed by atoms with Crippen LogP contribution in [0.25, 0.3) is 10.8 Å². The number of carbonyl (C=O) groups is 1. The molecule has 1 aromatic heterocycles. The fraction of sp³-hybridized carbons (Fsp3) is 0.0870. The number of hydrogen-bond donors (Lipinski definition) is 2. The molecule has 4 aromatic rings. The van der Waals surface area contributed by atoms with E-state index in [2.05, 4.69) is 15.4 Å². The maximum atomic E-state index is 13.0. The molecule has 2 N–H and O–H groups in total. The number of hydrazine groups is 1. The highest BCUT2D eigenvalue weighted by Gasteiger charge is 2.21. The zero-order chi connectivity index (χ0) is 23.6. The van der Waals surface area contributed by atoms with Crippen molar-refractivity contribution in [3.63, 3.8) is 0 Å². The van der Waals surface area contributed by atoms with Crippen LogP contribution in [0.3, 0.4) is 0 Å². The van der Waals surface area contributed by atoms with Crippen molar-refractivity contribution in [3.05, 3.63) is 105 Å². The lowest BCUT2D eigenvalue weighted by Crippen LogP contribution is -2.43. The van der Waals surface area contributed by atoms with E-state index in [0.29, 0.717) is 21.4 Å². The summed E-state index contributed by atoms with van der Waals surface area (Å²) in [6, 6.07) is 20.0. The number of carbonyl (C=O) groups excluding carboxylic acids is 1. The molecule has 3 aromatic carbocycles. The van der Waals surface area contributed by atoms with E-state index in [-0.39, 0.29) is 22.7 Å². The van der Waals surface area contributed by atoms with Crippen LogP contribution >= 0.6 is 11.6 Å². The van der Waals surface area contributed by atoms with Gasteiger partial charge in [-0.2, -0.15) is 5.10 Å². The van der Waals surface area contributed by atoms with Crippen molar-refractivity contribution in [1.82, 2.24) is 20.0 Å². The van der Waals surface area contributed by atoms with Crippen molar-refractivity contribution in [3.8, 4) is 0 Å². The van der Waals surface area contributed by atoms with Crippen molar-refractivity contribution in [1.29, 1.82) is 0 Å². The molecule has 0 aliphatic heterocycles. The molecule has 0 bridgehead atoms. The van der Waals surface area contributed by atoms with E-state index in [1.807, 2.05) is 30.3 Å². The van der Waals surface area contributed by atoms with Crippen molar-refractivity contribution < 1.29 is 13.2 Å². The zero-order valence-corrected chi connectivity index (χ0v) is 19.0. The molecule has 1 heterocycles. The first kappa shape index (κ1) is 22.7. The number of fused-ring (bicyclic) bond motifs is 1. The molecule has 0 radical (unpaired) electrons. The Hall–Kier alpha value is -3.53. The largest absolute Gasteiger partial charge is 0.287 e. The number of rotatable bonds is 6. The van der Waals surface area contributed by atoms with E-state index in [4.69, 9.17) is 11.6 Å². The summed E-state index contributed by atoms with van der Waals surface area (Å²) < 4.78 is 26.5. The Kier molecular flexibility index (Phi) is 6.28. The summed E-state index contributed by atoms with van der Waals surface area (Å²) in [6.45, 7) is 1.75. The van der Waals surface area contributed by atoms with Crippen LogP contribution in [0.2, 0.25) is 5.02 Å². The number of aryl methyl sites for hydroxylation is 1. The number of hydrogen-bond acceptors (Lipinski definition) is 5. The second-order valence-electron chi connectivity index (χ2n) is 7.31. The van der Waals surface area contributed by atoms with Crippen LogP contribution in [0.15, 0.2) is 82.5 Å². The number of halogens is 1. The molecular formula is C23H19ClN4O4S. The van der Waals surface area contributed by atoms with Crippen LogP contribution < -0.4 is 15.8 Å². The first-order valence-electron chi connectivity index (χ1n) is 9.88. The molecule has 0 fully saturated rings. The average Bonchev–Trinajstić information content (AvgIpc) is 2.80. The van der Waals surface area contributed by atoms with Gasteiger partial charge >= 0.3 is 0 Å². The molecule has 0 saturated carbocycles. The minimum atomic E-state index is -4.07. The van der Waals surface area contributed by atoms with Gasteiger partial charge in [-0.05, 0) is 42.3 Å². The molecule has 33 heavy (non-hydrogen) atoms. The number of aromatic nitrogens is 2. The highest BCUT2D eigenvalue weighted by molar-refractivity contribution is 7.89. The average molecular weight is 483 g/mol. The summed E-state index contributed by atoms with van der Waals surface area (Å²) in [5, 5.41) is 5.24. The molecule has 0 aliphatic rings. The zero-order valence-electron chi connectivity index (χ0n) is 17.4. The predicted molar refractivity (Wildman–Crippen MR) is 126 cm³/mol. The molecular weight excluding hydrogens is 464 g/mol. The number of sulfonamides is 1. The Balaban J connectivity index is 1.67. The minimum Gasteiger partial charge on any atom is -0.272 e. The summed E-state index contributed by atoms with van der Waals surface area (Å²) in [5.41, 5.74) is 3.00. The summed E-state index contributed by atoms with van der Waals surface area (Å²) in [5.74, 6) is -0.803. The molecule has 4 rings (SSSR count). The SMILES string of the molecule is Cc1cc(Cl)ccc1S(=O)(=O)NNC(=O)c1nn(Cc2ccccc2)c(=O)c2ccccc12. The van der Waals surface area contributed by atoms with Gasteiger partial charge in [0.1, 0.15) is 0 Å². The van der Waals surface area contributed by atoms with Gasteiger partial charge in [0.2, 0.25) is 0 Å². The highest BCUT2D eigenvalue weighted by Crippen LogP contribution is 2.19. The maximum absolute atomic E-state index is 13.0. The van der Waals surface area contributed by atoms with E-state index >= 15 is 0 Å². The van der Waals surface area contributed by atoms with Gasteiger partial charge in [0.15, 0.2) is 5.69 Å². The Morgan fingerprint density at radius 2 is 1.67 bits per heavy atom. The van der Waals surface area contributed by atoms with Crippen molar-refractivity contribution in [2.45, 2.75) is 18.4 Å². The van der Waals surface area contributed by atoms with Gasteiger partial charge in [-0.15, -0.1) is 4.83 Å². The van der Waals surface area contributed by atoms with Crippen molar-refractivity contribution in [2.75, 3.05) is 0 Å². The first-order chi connectivity index (χ1) is 15.8. The van der Waals surface area contributed by atoms with E-state index in [1.165, 1.54) is 22.9 Å². The number of amides is 1. The summed E-state index contributed by atoms with van der Waals surface area (Å²) in [7, 11) is -4.07. The minimum absolute atomic E-state index is 0.0286. The van der Waals surface area contributed by atoms with Crippen LogP contribution in [0.1, 0.15) is 21.6 Å². The van der Waals surface area contributed by atoms with Gasteiger partial charge in [-0.25, -0.2) is 13.1 Å². The quantitative estimate of drug-likeness (QED) is 0.410. The molecule has 0 unspecified atom stereocenters. The van der Waals surface area contributed by atoms with Gasteiger partial charge in [0.25, 0.3) is 21.5 Å². The molecule has 1 amide bonds. The van der Waals surface area contributed by atoms with Crippen molar-refractivity contribution >= 4 is 38.3 Å². The Morgan fingerprint density at radius 1 is 1.00 bits per heavy atom. The summed E-state index contributed by atoms with van der Waals surface area (Å²) in [6.07, 6.45) is 0. The number of nitrogens with one attached hydrogen (secondary N) is 2. The predicted octanol–water partition coefficient (Wildman–Crippen LogP) is 3.03. The van der Waals surface area contributed by atoms with Crippen LogP contribution in [-0.4, -0.2) is 24.1 Å². The second-order valence-corrected chi connectivity index (χ2v) is 9.40. The Labute approximate surface area is 194 Å². The third-order valence-electron chi connectivity index (χ3n) is 4.98. The van der Waals surface area contributed by atoms with E-state index in [9.17, 15) is 18.0 Å². The molecule has 168 valence electrons. The van der Waals surface area contributed by atoms with E-state index < -0.39 is 15.9 Å². The van der Waals surface area contributed by atoms with Crippen LogP contribution in [-0.2, 0) is 16.6 Å². The number of nitrogens with zero attached hydrogens (tertiary/aromatic N) is 2. The van der Waals surface area contributed by atoms with Crippen LogP contribution in [0.4, 0.5) is 0 Å². The Morgan fingerprint density at radius 3 is 2.36 bits per heavy atom. The van der Waals surface area contributed by atoms with Gasteiger partial charge in [-0.1, -0.05) is 60.1 Å². The molecule has 0 atom stereocenters. The van der Waals surface area contributed by atoms with E-state index in [0.717, 1.165) is 5.56 Å². The van der Waals surface area contributed by atoms with Gasteiger partial charge in [0, 0.05) is 10.4 Å². The van der Waals surface area contributed by atoms with Crippen LogP contribution in [0.5, 0.6) is 0 Å². The fourth-order valence-corrected chi connectivity index (χ4v) is 4.70. The third kappa shape index (κ3) is 4.80. The standard InChI is InChI=1S/C23H19ClN4O4S/c1-15-13-17(24)11-12-20(15)33(31,32)27-25-22(29)21-18-9-5-6-10-19(18)23(30)28(26-21)14-16-7-3-2-4-8-16/h2-13,27H,14H2,1H3,(H,25,29). The summed E-state index contributed by atoms with van der Waals surface area (Å²) >= 11 is 5.89. The molecule has 8 nitrogen and oxygen atoms in total. The lowest BCUT2D eigenvalue weighted by molar-refractivity contribution is 0.0939. The third-order valence-corrected chi connectivity index (χ3v) is 6.63. The van der Waals surface area contributed by atoms with E-state index in [1.54, 1.807) is 31.2 Å². The fourth-order valence-electron chi connectivity index (χ4n) is 3.41. The number of benzene rings is 3. The monoisotopic (exact) mass is 482 g/mol. The lowest BCUT2D eigenvalue weighted by Gasteiger charge is -2.13. The lowest BCUT2D eigenvalue weighted by atomic mass is 10.1. The highest BCUT2D eigenvalue weighted by atomic mass is 35.5. The molecule has 10 heteroatoms. The normalized spacial score (nSPS) is 11.5.